The van der Waals surface area contributed by atoms with E-state index in [4.69, 9.17) is 14.6 Å². The van der Waals surface area contributed by atoms with Gasteiger partial charge in [-0.15, -0.1) is 11.3 Å². The van der Waals surface area contributed by atoms with Gasteiger partial charge in [-0.3, -0.25) is 0 Å². The molecule has 9 heteroatoms. The lowest BCUT2D eigenvalue weighted by Crippen LogP contribution is -2.14. The first-order chi connectivity index (χ1) is 10.3. The summed E-state index contributed by atoms with van der Waals surface area (Å²) < 4.78 is 32.9. The van der Waals surface area contributed by atoms with Gasteiger partial charge in [0, 0.05) is 5.38 Å². The zero-order valence-electron chi connectivity index (χ0n) is 11.9. The number of nitrogens with zero attached hydrogens (tertiary/aromatic N) is 1. The molecular weight excluding hydrogens is 328 g/mol. The van der Waals surface area contributed by atoms with Crippen LogP contribution in [0, 0.1) is 6.92 Å². The average Bonchev–Trinajstić information content (AvgIpc) is 2.88. The Kier molecular flexibility index (Phi) is 4.79. The highest BCUT2D eigenvalue weighted by Gasteiger charge is 2.18. The number of benzene rings is 1. The highest BCUT2D eigenvalue weighted by Crippen LogP contribution is 2.23. The number of aromatic nitrogens is 1. The molecule has 0 aliphatic carbocycles. The lowest BCUT2D eigenvalue weighted by atomic mass is 10.2. The molecule has 0 aliphatic heterocycles. The molecule has 7 nitrogen and oxygen atoms in total. The second-order valence-corrected chi connectivity index (χ2v) is 6.96. The zero-order chi connectivity index (χ0) is 16.3. The fourth-order valence-electron chi connectivity index (χ4n) is 1.72. The molecule has 0 spiro atoms. The Hall–Kier alpha value is -1.97. The number of nitrogens with two attached hydrogens (primary N) is 1. The summed E-state index contributed by atoms with van der Waals surface area (Å²) in [4.78, 5) is 16.1. The first-order valence-corrected chi connectivity index (χ1v) is 8.53. The summed E-state index contributed by atoms with van der Waals surface area (Å²) in [6.45, 7) is 1.83. The van der Waals surface area contributed by atoms with Gasteiger partial charge in [0.15, 0.2) is 0 Å². The summed E-state index contributed by atoms with van der Waals surface area (Å²) in [7, 11) is -2.55. The maximum Gasteiger partial charge on any atom is 0.342 e. The molecule has 0 unspecified atom stereocenters. The summed E-state index contributed by atoms with van der Waals surface area (Å²) in [5.41, 5.74) is 0.610. The SMILES string of the molecule is COc1ccc(S(N)(=O)=O)cc1C(=O)OCc1csc(C)n1. The number of sulfonamides is 1. The number of primary sulfonamides is 1. The van der Waals surface area contributed by atoms with Gasteiger partial charge in [-0.05, 0) is 25.1 Å². The third-order valence-corrected chi connectivity index (χ3v) is 4.47. The van der Waals surface area contributed by atoms with Gasteiger partial charge in [0.25, 0.3) is 0 Å². The second kappa shape index (κ2) is 6.42. The van der Waals surface area contributed by atoms with Crippen molar-refractivity contribution in [3.8, 4) is 5.75 Å². The Balaban J connectivity index is 2.23. The van der Waals surface area contributed by atoms with E-state index in [-0.39, 0.29) is 22.8 Å². The molecule has 118 valence electrons. The van der Waals surface area contributed by atoms with E-state index in [0.29, 0.717) is 5.69 Å². The minimum atomic E-state index is -3.92. The summed E-state index contributed by atoms with van der Waals surface area (Å²) in [6.07, 6.45) is 0. The Labute approximate surface area is 131 Å². The van der Waals surface area contributed by atoms with Crippen LogP contribution in [0.15, 0.2) is 28.5 Å². The Morgan fingerprint density at radius 1 is 1.41 bits per heavy atom. The number of methoxy groups -OCH3 is 1. The second-order valence-electron chi connectivity index (χ2n) is 4.34. The number of hydrogen-bond acceptors (Lipinski definition) is 7. The molecule has 2 N–H and O–H groups in total. The third kappa shape index (κ3) is 3.81. The standard InChI is InChI=1S/C13H14N2O5S2/c1-8-15-9(7-21-8)6-20-13(16)11-5-10(22(14,17)18)3-4-12(11)19-2/h3-5,7H,6H2,1-2H3,(H2,14,17,18). The van der Waals surface area contributed by atoms with Crippen LogP contribution in [-0.2, 0) is 21.4 Å². The molecule has 0 atom stereocenters. The molecule has 0 radical (unpaired) electrons. The molecule has 1 heterocycles. The molecule has 0 amide bonds. The Morgan fingerprint density at radius 3 is 2.68 bits per heavy atom. The Bertz CT molecular complexity index is 799. The lowest BCUT2D eigenvalue weighted by molar-refractivity contribution is 0.0464. The van der Waals surface area contributed by atoms with Gasteiger partial charge < -0.3 is 9.47 Å². The van der Waals surface area contributed by atoms with Crippen LogP contribution in [0.4, 0.5) is 0 Å². The molecule has 22 heavy (non-hydrogen) atoms. The van der Waals surface area contributed by atoms with E-state index in [2.05, 4.69) is 4.98 Å². The molecule has 0 saturated heterocycles. The summed E-state index contributed by atoms with van der Waals surface area (Å²) >= 11 is 1.44. The van der Waals surface area contributed by atoms with Gasteiger partial charge in [0.2, 0.25) is 10.0 Å². The maximum absolute atomic E-state index is 12.1. The van der Waals surface area contributed by atoms with Crippen LogP contribution < -0.4 is 9.88 Å². The van der Waals surface area contributed by atoms with Gasteiger partial charge in [-0.2, -0.15) is 0 Å². The summed E-state index contributed by atoms with van der Waals surface area (Å²) in [6, 6.07) is 3.74. The van der Waals surface area contributed by atoms with E-state index in [0.717, 1.165) is 11.1 Å². The van der Waals surface area contributed by atoms with Crippen LogP contribution >= 0.6 is 11.3 Å². The average molecular weight is 342 g/mol. The van der Waals surface area contributed by atoms with Crippen molar-refractivity contribution < 1.29 is 22.7 Å². The van der Waals surface area contributed by atoms with E-state index in [1.165, 1.54) is 30.6 Å². The zero-order valence-corrected chi connectivity index (χ0v) is 13.5. The van der Waals surface area contributed by atoms with Crippen molar-refractivity contribution in [3.05, 3.63) is 39.8 Å². The van der Waals surface area contributed by atoms with Crippen molar-refractivity contribution >= 4 is 27.3 Å². The number of esters is 1. The largest absolute Gasteiger partial charge is 0.496 e. The van der Waals surface area contributed by atoms with Crippen molar-refractivity contribution in [3.63, 3.8) is 0 Å². The molecule has 0 fully saturated rings. The third-order valence-electron chi connectivity index (χ3n) is 2.74. The molecule has 2 rings (SSSR count). The normalized spacial score (nSPS) is 11.2. The lowest BCUT2D eigenvalue weighted by Gasteiger charge is -2.09. The van der Waals surface area contributed by atoms with Crippen molar-refractivity contribution in [1.82, 2.24) is 4.98 Å². The van der Waals surface area contributed by atoms with Crippen molar-refractivity contribution in [2.75, 3.05) is 7.11 Å². The Morgan fingerprint density at radius 2 is 2.14 bits per heavy atom. The van der Waals surface area contributed by atoms with Crippen LogP contribution in [0.3, 0.4) is 0 Å². The van der Waals surface area contributed by atoms with E-state index >= 15 is 0 Å². The van der Waals surface area contributed by atoms with E-state index in [1.807, 2.05) is 6.92 Å². The van der Waals surface area contributed by atoms with E-state index < -0.39 is 16.0 Å². The fraction of sp³-hybridized carbons (Fsp3) is 0.231. The number of carbonyl (C=O) groups is 1. The minimum absolute atomic E-state index is 0.00801. The fourth-order valence-corrected chi connectivity index (χ4v) is 2.85. The number of thiazole rings is 1. The number of aryl methyl sites for hydroxylation is 1. The summed E-state index contributed by atoms with van der Waals surface area (Å²) in [5.74, 6) is -0.514. The smallest absolute Gasteiger partial charge is 0.342 e. The maximum atomic E-state index is 12.1. The van der Waals surface area contributed by atoms with Crippen molar-refractivity contribution in [1.29, 1.82) is 0 Å². The highest BCUT2D eigenvalue weighted by atomic mass is 32.2. The van der Waals surface area contributed by atoms with Gasteiger partial charge >= 0.3 is 5.97 Å². The molecular formula is C13H14N2O5S2. The quantitative estimate of drug-likeness (QED) is 0.824. The van der Waals surface area contributed by atoms with Gasteiger partial charge in [0.05, 0.1) is 22.7 Å². The van der Waals surface area contributed by atoms with Gasteiger partial charge in [0.1, 0.15) is 17.9 Å². The van der Waals surface area contributed by atoms with Gasteiger partial charge in [-0.1, -0.05) is 0 Å². The topological polar surface area (TPSA) is 109 Å². The molecule has 1 aromatic heterocycles. The number of hydrogen-bond donors (Lipinski definition) is 1. The number of rotatable bonds is 5. The first-order valence-electron chi connectivity index (χ1n) is 6.10. The first kappa shape index (κ1) is 16.4. The van der Waals surface area contributed by atoms with Gasteiger partial charge in [-0.25, -0.2) is 23.3 Å². The van der Waals surface area contributed by atoms with Crippen molar-refractivity contribution in [2.45, 2.75) is 18.4 Å². The van der Waals surface area contributed by atoms with Crippen molar-refractivity contribution in [2.24, 2.45) is 5.14 Å². The molecule has 0 aliphatic rings. The number of ether oxygens (including phenoxy) is 2. The van der Waals surface area contributed by atoms with Crippen LogP contribution in [0.2, 0.25) is 0 Å². The van der Waals surface area contributed by atoms with E-state index in [9.17, 15) is 13.2 Å². The molecule has 0 bridgehead atoms. The minimum Gasteiger partial charge on any atom is -0.496 e. The predicted molar refractivity (Wildman–Crippen MR) is 80.3 cm³/mol. The summed E-state index contributed by atoms with van der Waals surface area (Å²) in [5, 5.41) is 7.70. The molecule has 1 aromatic carbocycles. The molecule has 0 saturated carbocycles. The van der Waals surface area contributed by atoms with Crippen LogP contribution in [0.25, 0.3) is 0 Å². The molecule has 2 aromatic rings. The van der Waals surface area contributed by atoms with Crippen LogP contribution in [-0.4, -0.2) is 26.5 Å². The van der Waals surface area contributed by atoms with Crippen LogP contribution in [0.1, 0.15) is 21.1 Å². The monoisotopic (exact) mass is 342 g/mol. The highest BCUT2D eigenvalue weighted by molar-refractivity contribution is 7.89. The van der Waals surface area contributed by atoms with Crippen LogP contribution in [0.5, 0.6) is 5.75 Å². The predicted octanol–water partition coefficient (Wildman–Crippen LogP) is 1.46. The number of carbonyl (C=O) groups excluding carboxylic acids is 1. The van der Waals surface area contributed by atoms with E-state index in [1.54, 1.807) is 5.38 Å².